The van der Waals surface area contributed by atoms with Crippen LogP contribution in [-0.4, -0.2) is 79.8 Å². The van der Waals surface area contributed by atoms with Gasteiger partial charge in [-0.25, -0.2) is 17.5 Å². The highest BCUT2D eigenvalue weighted by atomic mass is 32.2. The lowest BCUT2D eigenvalue weighted by Gasteiger charge is -2.36. The molecule has 0 spiro atoms. The molecule has 0 aromatic rings. The van der Waals surface area contributed by atoms with E-state index in [0.29, 0.717) is 25.9 Å². The van der Waals surface area contributed by atoms with Crippen molar-refractivity contribution < 1.29 is 27.9 Å². The second-order valence-electron chi connectivity index (χ2n) is 5.44. The number of hydrogen-bond donors (Lipinski definition) is 1. The average molecular weight is 320 g/mol. The van der Waals surface area contributed by atoms with Crippen molar-refractivity contribution in [3.63, 3.8) is 0 Å². The smallest absolute Gasteiger partial charge is 0.334 e. The molecular weight excluding hydrogens is 300 g/mol. The molecule has 2 unspecified atom stereocenters. The fourth-order valence-corrected chi connectivity index (χ4v) is 3.61. The Morgan fingerprint density at radius 3 is 2.57 bits per heavy atom. The van der Waals surface area contributed by atoms with Crippen LogP contribution >= 0.6 is 0 Å². The second kappa shape index (κ2) is 6.29. The number of amides is 1. The Morgan fingerprint density at radius 1 is 1.24 bits per heavy atom. The summed E-state index contributed by atoms with van der Waals surface area (Å²) in [6.45, 7) is 1.16. The SMILES string of the molecule is CS(=O)(=O)N1CCCC(C(=O)N2CCOC(C(=O)O)C2)C1. The van der Waals surface area contributed by atoms with Crippen molar-refractivity contribution in [2.45, 2.75) is 18.9 Å². The van der Waals surface area contributed by atoms with Gasteiger partial charge < -0.3 is 14.7 Å². The summed E-state index contributed by atoms with van der Waals surface area (Å²) in [5, 5.41) is 8.95. The molecule has 2 aliphatic heterocycles. The number of piperidine rings is 1. The first-order valence-corrected chi connectivity index (χ1v) is 8.72. The predicted octanol–water partition coefficient (Wildman–Crippen LogP) is -1.03. The van der Waals surface area contributed by atoms with E-state index in [-0.39, 0.29) is 25.6 Å². The van der Waals surface area contributed by atoms with E-state index >= 15 is 0 Å². The minimum atomic E-state index is -3.30. The normalized spacial score (nSPS) is 28.3. The van der Waals surface area contributed by atoms with E-state index in [2.05, 4.69) is 0 Å². The number of hydrogen-bond acceptors (Lipinski definition) is 5. The molecule has 1 N–H and O–H groups in total. The molecule has 0 saturated carbocycles. The summed E-state index contributed by atoms with van der Waals surface area (Å²) < 4.78 is 29.5. The van der Waals surface area contributed by atoms with E-state index in [1.807, 2.05) is 0 Å². The molecule has 0 aromatic heterocycles. The van der Waals surface area contributed by atoms with E-state index in [0.717, 1.165) is 6.26 Å². The summed E-state index contributed by atoms with van der Waals surface area (Å²) in [5.74, 6) is -1.67. The van der Waals surface area contributed by atoms with Gasteiger partial charge in [-0.1, -0.05) is 0 Å². The Hall–Kier alpha value is -1.19. The molecule has 2 heterocycles. The summed E-state index contributed by atoms with van der Waals surface area (Å²) in [6, 6.07) is 0. The maximum absolute atomic E-state index is 12.4. The molecule has 2 fully saturated rings. The maximum atomic E-state index is 12.4. The van der Waals surface area contributed by atoms with E-state index < -0.39 is 28.0 Å². The average Bonchev–Trinajstić information content (AvgIpc) is 2.46. The van der Waals surface area contributed by atoms with Gasteiger partial charge >= 0.3 is 5.97 Å². The zero-order valence-electron chi connectivity index (χ0n) is 11.9. The van der Waals surface area contributed by atoms with Crippen molar-refractivity contribution >= 4 is 21.9 Å². The van der Waals surface area contributed by atoms with Gasteiger partial charge in [-0.2, -0.15) is 0 Å². The summed E-state index contributed by atoms with van der Waals surface area (Å²) in [7, 11) is -3.30. The Kier molecular flexibility index (Phi) is 4.84. The Bertz CT molecular complexity index is 520. The van der Waals surface area contributed by atoms with Crippen LogP contribution in [0.15, 0.2) is 0 Å². The van der Waals surface area contributed by atoms with Gasteiger partial charge in [0.15, 0.2) is 6.10 Å². The number of carboxylic acids is 1. The van der Waals surface area contributed by atoms with Crippen LogP contribution in [0.5, 0.6) is 0 Å². The topological polar surface area (TPSA) is 104 Å². The summed E-state index contributed by atoms with van der Waals surface area (Å²) in [6.07, 6.45) is 1.39. The molecule has 2 rings (SSSR count). The van der Waals surface area contributed by atoms with Crippen molar-refractivity contribution in [1.29, 1.82) is 0 Å². The quantitative estimate of drug-likeness (QED) is 0.713. The highest BCUT2D eigenvalue weighted by Gasteiger charge is 2.35. The molecule has 2 aliphatic rings. The Labute approximate surface area is 123 Å². The van der Waals surface area contributed by atoms with Gasteiger partial charge in [-0.15, -0.1) is 0 Å². The third kappa shape index (κ3) is 3.92. The van der Waals surface area contributed by atoms with Crippen molar-refractivity contribution in [2.24, 2.45) is 5.92 Å². The van der Waals surface area contributed by atoms with Crippen molar-refractivity contribution in [3.05, 3.63) is 0 Å². The van der Waals surface area contributed by atoms with E-state index in [1.165, 1.54) is 9.21 Å². The first kappa shape index (κ1) is 16.2. The lowest BCUT2D eigenvalue weighted by atomic mass is 9.97. The van der Waals surface area contributed by atoms with Crippen LogP contribution in [0.3, 0.4) is 0 Å². The number of carbonyl (C=O) groups is 2. The first-order valence-electron chi connectivity index (χ1n) is 6.87. The second-order valence-corrected chi connectivity index (χ2v) is 7.42. The highest BCUT2D eigenvalue weighted by molar-refractivity contribution is 7.88. The van der Waals surface area contributed by atoms with Crippen molar-refractivity contribution in [1.82, 2.24) is 9.21 Å². The van der Waals surface area contributed by atoms with Crippen molar-refractivity contribution in [3.8, 4) is 0 Å². The zero-order valence-corrected chi connectivity index (χ0v) is 12.7. The van der Waals surface area contributed by atoms with Crippen LogP contribution in [0.4, 0.5) is 0 Å². The zero-order chi connectivity index (χ0) is 15.6. The molecule has 9 heteroatoms. The number of sulfonamides is 1. The van der Waals surface area contributed by atoms with Crippen LogP contribution in [0.1, 0.15) is 12.8 Å². The lowest BCUT2D eigenvalue weighted by Crippen LogP contribution is -2.53. The van der Waals surface area contributed by atoms with Crippen molar-refractivity contribution in [2.75, 3.05) is 39.0 Å². The molecule has 0 aromatic carbocycles. The van der Waals surface area contributed by atoms with Crippen LogP contribution in [0, 0.1) is 5.92 Å². The number of nitrogens with zero attached hydrogens (tertiary/aromatic N) is 2. The Balaban J connectivity index is 2.00. The minimum Gasteiger partial charge on any atom is -0.479 e. The Morgan fingerprint density at radius 2 is 1.95 bits per heavy atom. The number of rotatable bonds is 3. The fraction of sp³-hybridized carbons (Fsp3) is 0.833. The van der Waals surface area contributed by atoms with Crippen LogP contribution < -0.4 is 0 Å². The molecule has 120 valence electrons. The molecule has 21 heavy (non-hydrogen) atoms. The molecule has 2 atom stereocenters. The molecule has 1 amide bonds. The number of morpholine rings is 1. The van der Waals surface area contributed by atoms with Crippen LogP contribution in [0.25, 0.3) is 0 Å². The maximum Gasteiger partial charge on any atom is 0.334 e. The van der Waals surface area contributed by atoms with Gasteiger partial charge in [0.05, 0.1) is 25.3 Å². The van der Waals surface area contributed by atoms with Gasteiger partial charge in [0.25, 0.3) is 0 Å². The summed E-state index contributed by atoms with van der Waals surface area (Å²) in [5.41, 5.74) is 0. The van der Waals surface area contributed by atoms with Crippen LogP contribution in [-0.2, 0) is 24.3 Å². The summed E-state index contributed by atoms with van der Waals surface area (Å²) >= 11 is 0. The fourth-order valence-electron chi connectivity index (χ4n) is 2.70. The van der Waals surface area contributed by atoms with Gasteiger partial charge in [-0.05, 0) is 12.8 Å². The largest absolute Gasteiger partial charge is 0.479 e. The van der Waals surface area contributed by atoms with E-state index in [4.69, 9.17) is 9.84 Å². The van der Waals surface area contributed by atoms with Gasteiger partial charge in [0.2, 0.25) is 15.9 Å². The highest BCUT2D eigenvalue weighted by Crippen LogP contribution is 2.21. The number of carboxylic acid groups (broad SMARTS) is 1. The lowest BCUT2D eigenvalue weighted by molar-refractivity contribution is -0.160. The van der Waals surface area contributed by atoms with E-state index in [1.54, 1.807) is 0 Å². The third-order valence-corrected chi connectivity index (χ3v) is 5.13. The molecule has 2 saturated heterocycles. The van der Waals surface area contributed by atoms with Crippen LogP contribution in [0.2, 0.25) is 0 Å². The molecular formula is C12H20N2O6S. The van der Waals surface area contributed by atoms with Gasteiger partial charge in [-0.3, -0.25) is 4.79 Å². The minimum absolute atomic E-state index is 0.0174. The summed E-state index contributed by atoms with van der Waals surface area (Å²) in [4.78, 5) is 24.9. The molecule has 8 nitrogen and oxygen atoms in total. The monoisotopic (exact) mass is 320 g/mol. The molecule has 0 aliphatic carbocycles. The standard InChI is InChI=1S/C12H20N2O6S/c1-21(18,19)14-4-2-3-9(7-14)11(15)13-5-6-20-10(8-13)12(16)17/h9-10H,2-8H2,1H3,(H,16,17). The third-order valence-electron chi connectivity index (χ3n) is 3.86. The number of carbonyl (C=O) groups excluding carboxylic acids is 1. The molecule has 0 radical (unpaired) electrons. The number of ether oxygens (including phenoxy) is 1. The number of aliphatic carboxylic acids is 1. The predicted molar refractivity (Wildman–Crippen MR) is 73.1 cm³/mol. The molecule has 0 bridgehead atoms. The van der Waals surface area contributed by atoms with E-state index in [9.17, 15) is 18.0 Å². The van der Waals surface area contributed by atoms with Gasteiger partial charge in [0.1, 0.15) is 0 Å². The first-order chi connectivity index (χ1) is 9.79. The van der Waals surface area contributed by atoms with Gasteiger partial charge in [0, 0.05) is 19.6 Å².